The highest BCUT2D eigenvalue weighted by Crippen LogP contribution is 2.48. The molecule has 6 rings (SSSR count). The number of hydrogen-bond acceptors (Lipinski definition) is 2. The number of aliphatic hydroxyl groups excluding tert-OH is 1. The first kappa shape index (κ1) is 22.2. The van der Waals surface area contributed by atoms with Gasteiger partial charge in [-0.1, -0.05) is 48.5 Å². The monoisotopic (exact) mass is 478 g/mol. The van der Waals surface area contributed by atoms with Gasteiger partial charge in [0, 0.05) is 35.9 Å². The molecule has 0 spiro atoms. The first-order valence-electron chi connectivity index (χ1n) is 11.2. The lowest BCUT2D eigenvalue weighted by Gasteiger charge is -2.58. The molecular weight excluding hydrogens is 448 g/mol. The highest BCUT2D eigenvalue weighted by Gasteiger charge is 2.54. The van der Waals surface area contributed by atoms with Crippen LogP contribution in [0, 0.1) is 18.8 Å². The highest BCUT2D eigenvalue weighted by atomic mass is 79.9. The van der Waals surface area contributed by atoms with Gasteiger partial charge in [0.25, 0.3) is 0 Å². The number of halogens is 1. The van der Waals surface area contributed by atoms with Gasteiger partial charge in [-0.3, -0.25) is 4.98 Å². The third-order valence-electron chi connectivity index (χ3n) is 7.79. The molecule has 162 valence electrons. The Balaban J connectivity index is 0.00000231. The number of aliphatic hydroxyl groups is 1. The Kier molecular flexibility index (Phi) is 6.34. The molecule has 3 nitrogen and oxygen atoms in total. The molecule has 0 amide bonds. The maximum absolute atomic E-state index is 11.8. The first-order chi connectivity index (χ1) is 14.6. The molecule has 0 saturated carbocycles. The SMILES string of the molecule is C=CC1C[N+]2(Cc3ccccc3C)CCC1CC2[C@H](O)c1ccnc2ccccc12.[Br-]. The average molecular weight is 479 g/mol. The Morgan fingerprint density at radius 3 is 2.74 bits per heavy atom. The van der Waals surface area contributed by atoms with Crippen molar-refractivity contribution >= 4 is 10.9 Å². The Morgan fingerprint density at radius 1 is 1.16 bits per heavy atom. The van der Waals surface area contributed by atoms with Crippen molar-refractivity contribution in [3.63, 3.8) is 0 Å². The van der Waals surface area contributed by atoms with Crippen LogP contribution >= 0.6 is 0 Å². The molecule has 0 aliphatic carbocycles. The average Bonchev–Trinajstić information content (AvgIpc) is 2.79. The summed E-state index contributed by atoms with van der Waals surface area (Å²) in [5, 5.41) is 12.8. The summed E-state index contributed by atoms with van der Waals surface area (Å²) >= 11 is 0. The van der Waals surface area contributed by atoms with E-state index < -0.39 is 6.10 Å². The second-order valence-corrected chi connectivity index (χ2v) is 9.32. The van der Waals surface area contributed by atoms with Crippen LogP contribution in [-0.4, -0.2) is 33.7 Å². The molecule has 3 aromatic rings. The summed E-state index contributed by atoms with van der Waals surface area (Å²) < 4.78 is 0.954. The normalized spacial score (nSPS) is 28.1. The highest BCUT2D eigenvalue weighted by molar-refractivity contribution is 5.82. The number of rotatable bonds is 5. The summed E-state index contributed by atoms with van der Waals surface area (Å²) in [6, 6.07) is 19.1. The lowest BCUT2D eigenvalue weighted by Crippen LogP contribution is -3.00. The number of hydrogen-bond donors (Lipinski definition) is 1. The van der Waals surface area contributed by atoms with E-state index in [9.17, 15) is 5.11 Å². The molecule has 1 aromatic heterocycles. The third kappa shape index (κ3) is 3.86. The van der Waals surface area contributed by atoms with Gasteiger partial charge in [-0.05, 0) is 36.1 Å². The van der Waals surface area contributed by atoms with Crippen LogP contribution in [0.4, 0.5) is 0 Å². The molecule has 31 heavy (non-hydrogen) atoms. The number of nitrogens with zero attached hydrogens (tertiary/aromatic N) is 2. The van der Waals surface area contributed by atoms with Crippen LogP contribution in [0.1, 0.15) is 35.6 Å². The molecule has 3 aliphatic heterocycles. The number of fused-ring (bicyclic) bond motifs is 4. The van der Waals surface area contributed by atoms with Crippen LogP contribution in [0.3, 0.4) is 0 Å². The fraction of sp³-hybridized carbons (Fsp3) is 0.370. The number of para-hydroxylation sites is 1. The van der Waals surface area contributed by atoms with Gasteiger partial charge < -0.3 is 26.6 Å². The minimum Gasteiger partial charge on any atom is -1.00 e. The molecule has 4 heteroatoms. The molecular formula is C27H31BrN2O. The number of quaternary nitrogens is 1. The summed E-state index contributed by atoms with van der Waals surface area (Å²) in [5.74, 6) is 1.17. The number of aryl methyl sites for hydroxylation is 1. The van der Waals surface area contributed by atoms with E-state index in [0.717, 1.165) is 47.0 Å². The standard InChI is InChI=1S/C27H31N2O.BrH/c1-3-20-17-29(18-22-9-5-4-8-19(22)2)15-13-21(20)16-26(29)27(30)24-12-14-28-25-11-7-6-10-23(24)25;/h3-12,14,20-21,26-27,30H,1,13,15-18H2,2H3;1H/q+1;/p-1/t20?,21?,26?,27-,29?;/m1./s1. The Hall–Kier alpha value is -2.01. The molecule has 0 radical (unpaired) electrons. The molecule has 4 heterocycles. The zero-order chi connectivity index (χ0) is 20.7. The van der Waals surface area contributed by atoms with Gasteiger partial charge in [0.15, 0.2) is 0 Å². The summed E-state index contributed by atoms with van der Waals surface area (Å²) in [5.41, 5.74) is 4.72. The minimum atomic E-state index is -0.490. The number of benzene rings is 2. The summed E-state index contributed by atoms with van der Waals surface area (Å²) in [6.07, 6.45) is 5.80. The van der Waals surface area contributed by atoms with Crippen molar-refractivity contribution in [3.8, 4) is 0 Å². The van der Waals surface area contributed by atoms with Crippen molar-refractivity contribution in [2.45, 2.75) is 38.5 Å². The van der Waals surface area contributed by atoms with E-state index >= 15 is 0 Å². The summed E-state index contributed by atoms with van der Waals surface area (Å²) in [6.45, 7) is 9.54. The quantitative estimate of drug-likeness (QED) is 0.450. The maximum Gasteiger partial charge on any atom is 0.131 e. The van der Waals surface area contributed by atoms with Gasteiger partial charge >= 0.3 is 0 Å². The molecule has 3 fully saturated rings. The van der Waals surface area contributed by atoms with Crippen molar-refractivity contribution in [3.05, 3.63) is 90.1 Å². The molecule has 5 atom stereocenters. The van der Waals surface area contributed by atoms with Gasteiger partial charge in [-0.2, -0.15) is 0 Å². The van der Waals surface area contributed by atoms with E-state index in [4.69, 9.17) is 0 Å². The van der Waals surface area contributed by atoms with Crippen molar-refractivity contribution in [2.75, 3.05) is 13.1 Å². The fourth-order valence-electron chi connectivity index (χ4n) is 6.09. The van der Waals surface area contributed by atoms with Crippen molar-refractivity contribution < 1.29 is 26.6 Å². The third-order valence-corrected chi connectivity index (χ3v) is 7.79. The van der Waals surface area contributed by atoms with Crippen LogP contribution in [0.2, 0.25) is 0 Å². The molecule has 2 bridgehead atoms. The van der Waals surface area contributed by atoms with Crippen LogP contribution in [0.5, 0.6) is 0 Å². The Labute approximate surface area is 195 Å². The maximum atomic E-state index is 11.8. The molecule has 4 unspecified atom stereocenters. The Morgan fingerprint density at radius 2 is 1.94 bits per heavy atom. The van der Waals surface area contributed by atoms with Crippen molar-refractivity contribution in [1.29, 1.82) is 0 Å². The lowest BCUT2D eigenvalue weighted by molar-refractivity contribution is -0.985. The predicted molar refractivity (Wildman–Crippen MR) is 122 cm³/mol. The summed E-state index contributed by atoms with van der Waals surface area (Å²) in [7, 11) is 0. The first-order valence-corrected chi connectivity index (χ1v) is 11.2. The van der Waals surface area contributed by atoms with Crippen LogP contribution in [0.25, 0.3) is 10.9 Å². The molecule has 1 N–H and O–H groups in total. The van der Waals surface area contributed by atoms with E-state index in [2.05, 4.69) is 54.9 Å². The zero-order valence-electron chi connectivity index (χ0n) is 18.1. The van der Waals surface area contributed by atoms with Gasteiger partial charge in [0.1, 0.15) is 18.7 Å². The lowest BCUT2D eigenvalue weighted by atomic mass is 9.71. The van der Waals surface area contributed by atoms with Gasteiger partial charge in [-0.25, -0.2) is 0 Å². The number of piperidine rings is 3. The van der Waals surface area contributed by atoms with E-state index in [0.29, 0.717) is 11.8 Å². The van der Waals surface area contributed by atoms with Crippen molar-refractivity contribution in [2.24, 2.45) is 11.8 Å². The van der Waals surface area contributed by atoms with E-state index in [1.807, 2.05) is 30.5 Å². The zero-order valence-corrected chi connectivity index (χ0v) is 19.7. The minimum absolute atomic E-state index is 0. The van der Waals surface area contributed by atoms with Gasteiger partial charge in [0.2, 0.25) is 0 Å². The number of pyridine rings is 1. The van der Waals surface area contributed by atoms with Gasteiger partial charge in [-0.15, -0.1) is 6.58 Å². The smallest absolute Gasteiger partial charge is 0.131 e. The fourth-order valence-corrected chi connectivity index (χ4v) is 6.09. The number of aromatic nitrogens is 1. The Bertz CT molecular complexity index is 1080. The second kappa shape index (κ2) is 8.85. The van der Waals surface area contributed by atoms with Crippen LogP contribution in [0.15, 0.2) is 73.4 Å². The summed E-state index contributed by atoms with van der Waals surface area (Å²) in [4.78, 5) is 4.51. The van der Waals surface area contributed by atoms with Crippen molar-refractivity contribution in [1.82, 2.24) is 4.98 Å². The van der Waals surface area contributed by atoms with E-state index in [1.54, 1.807) is 0 Å². The van der Waals surface area contributed by atoms with Gasteiger partial charge in [0.05, 0.1) is 18.6 Å². The molecule has 3 aliphatic rings. The largest absolute Gasteiger partial charge is 1.00 e. The van der Waals surface area contributed by atoms with E-state index in [1.165, 1.54) is 17.5 Å². The second-order valence-electron chi connectivity index (χ2n) is 9.32. The molecule has 2 aromatic carbocycles. The topological polar surface area (TPSA) is 33.1 Å². The predicted octanol–water partition coefficient (Wildman–Crippen LogP) is 2.19. The van der Waals surface area contributed by atoms with Crippen LogP contribution < -0.4 is 17.0 Å². The molecule has 3 saturated heterocycles. The van der Waals surface area contributed by atoms with E-state index in [-0.39, 0.29) is 23.0 Å². The van der Waals surface area contributed by atoms with Crippen LogP contribution in [-0.2, 0) is 6.54 Å².